The van der Waals surface area contributed by atoms with Crippen molar-refractivity contribution in [1.82, 2.24) is 20.1 Å². The average Bonchev–Trinajstić information content (AvgIpc) is 3.26. The predicted octanol–water partition coefficient (Wildman–Crippen LogP) is 2.77. The quantitative estimate of drug-likeness (QED) is 0.697. The molecule has 0 saturated carbocycles. The van der Waals surface area contributed by atoms with Gasteiger partial charge < -0.3 is 15.5 Å². The predicted molar refractivity (Wildman–Crippen MR) is 100.0 cm³/mol. The van der Waals surface area contributed by atoms with E-state index in [1.165, 1.54) is 6.26 Å². The van der Waals surface area contributed by atoms with Crippen LogP contribution in [0, 0.1) is 18.3 Å². The lowest BCUT2D eigenvalue weighted by atomic mass is 10.0. The second-order valence-corrected chi connectivity index (χ2v) is 6.46. The van der Waals surface area contributed by atoms with Gasteiger partial charge in [-0.25, -0.2) is 0 Å². The van der Waals surface area contributed by atoms with Gasteiger partial charge in [0.25, 0.3) is 11.9 Å². The Morgan fingerprint density at radius 1 is 1.48 bits per heavy atom. The molecule has 0 fully saturated rings. The Morgan fingerprint density at radius 3 is 2.93 bits per heavy atom. The molecule has 0 aliphatic rings. The molecule has 2 heterocycles. The van der Waals surface area contributed by atoms with Crippen molar-refractivity contribution < 1.29 is 9.21 Å². The third-order valence-electron chi connectivity index (χ3n) is 4.02. The fourth-order valence-corrected chi connectivity index (χ4v) is 2.88. The van der Waals surface area contributed by atoms with Crippen LogP contribution in [-0.4, -0.2) is 26.7 Å². The van der Waals surface area contributed by atoms with Crippen LogP contribution in [0.4, 0.5) is 6.01 Å². The van der Waals surface area contributed by atoms with Gasteiger partial charge in [-0.3, -0.25) is 9.48 Å². The molecule has 27 heavy (non-hydrogen) atoms. The van der Waals surface area contributed by atoms with Crippen LogP contribution in [0.1, 0.15) is 28.5 Å². The number of oxazole rings is 1. The second kappa shape index (κ2) is 7.51. The summed E-state index contributed by atoms with van der Waals surface area (Å²) < 4.78 is 6.56. The third-order valence-corrected chi connectivity index (χ3v) is 4.50. The minimum Gasteiger partial charge on any atom is -0.431 e. The van der Waals surface area contributed by atoms with E-state index in [9.17, 15) is 4.79 Å². The van der Waals surface area contributed by atoms with Gasteiger partial charge in [0.2, 0.25) is 0 Å². The van der Waals surface area contributed by atoms with E-state index in [0.29, 0.717) is 17.1 Å². The van der Waals surface area contributed by atoms with E-state index >= 15 is 0 Å². The topological polar surface area (TPSA) is 123 Å². The molecule has 0 radical (unpaired) electrons. The van der Waals surface area contributed by atoms with E-state index in [2.05, 4.69) is 21.5 Å². The normalized spacial score (nSPS) is 11.8. The Labute approximate surface area is 160 Å². The molecule has 9 heteroatoms. The summed E-state index contributed by atoms with van der Waals surface area (Å²) in [6.07, 6.45) is 3.03. The van der Waals surface area contributed by atoms with Gasteiger partial charge in [0.05, 0.1) is 22.8 Å². The molecule has 0 bridgehead atoms. The molecule has 0 saturated heterocycles. The van der Waals surface area contributed by atoms with Crippen LogP contribution in [0.5, 0.6) is 0 Å². The van der Waals surface area contributed by atoms with Gasteiger partial charge in [-0.05, 0) is 31.5 Å². The highest BCUT2D eigenvalue weighted by molar-refractivity contribution is 6.32. The molecule has 0 aliphatic carbocycles. The molecule has 1 amide bonds. The number of nitrogens with zero attached hydrogens (tertiary/aromatic N) is 4. The Hall–Kier alpha value is -3.31. The van der Waals surface area contributed by atoms with Gasteiger partial charge in [0.1, 0.15) is 12.3 Å². The summed E-state index contributed by atoms with van der Waals surface area (Å²) in [7, 11) is 0. The van der Waals surface area contributed by atoms with Crippen LogP contribution in [-0.2, 0) is 6.54 Å². The molecular weight excluding hydrogens is 368 g/mol. The van der Waals surface area contributed by atoms with Crippen molar-refractivity contribution in [1.29, 1.82) is 5.26 Å². The minimum absolute atomic E-state index is 0.0547. The number of carbonyl (C=O) groups is 1. The number of halogens is 1. The Kier molecular flexibility index (Phi) is 5.14. The lowest BCUT2D eigenvalue weighted by Gasteiger charge is -2.13. The number of anilines is 1. The highest BCUT2D eigenvalue weighted by Crippen LogP contribution is 2.29. The molecule has 0 spiro atoms. The zero-order valence-corrected chi connectivity index (χ0v) is 15.5. The van der Waals surface area contributed by atoms with Gasteiger partial charge in [0.15, 0.2) is 5.69 Å². The van der Waals surface area contributed by atoms with Crippen molar-refractivity contribution in [2.75, 3.05) is 5.73 Å². The van der Waals surface area contributed by atoms with Crippen LogP contribution in [0.2, 0.25) is 5.02 Å². The molecule has 0 aliphatic heterocycles. The molecule has 1 unspecified atom stereocenters. The van der Waals surface area contributed by atoms with Crippen molar-refractivity contribution in [3.05, 3.63) is 52.5 Å². The Bertz CT molecular complexity index is 1030. The van der Waals surface area contributed by atoms with E-state index in [0.717, 1.165) is 16.8 Å². The number of rotatable bonds is 5. The Balaban J connectivity index is 1.70. The number of nitrogens with one attached hydrogen (secondary N) is 1. The first-order valence-electron chi connectivity index (χ1n) is 8.14. The fourth-order valence-electron chi connectivity index (χ4n) is 2.67. The van der Waals surface area contributed by atoms with Crippen molar-refractivity contribution in [3.8, 4) is 17.3 Å². The number of nitriles is 1. The average molecular weight is 385 g/mol. The van der Waals surface area contributed by atoms with E-state index in [-0.39, 0.29) is 23.7 Å². The monoisotopic (exact) mass is 384 g/mol. The number of carbonyl (C=O) groups excluding carboxylic acids is 1. The van der Waals surface area contributed by atoms with E-state index in [1.807, 2.05) is 32.2 Å². The van der Waals surface area contributed by atoms with Crippen molar-refractivity contribution in [3.63, 3.8) is 0 Å². The molecular formula is C18H17ClN6O2. The first-order chi connectivity index (χ1) is 12.9. The lowest BCUT2D eigenvalue weighted by Crippen LogP contribution is -2.36. The van der Waals surface area contributed by atoms with E-state index in [1.54, 1.807) is 10.7 Å². The number of nitrogen functional groups attached to an aromatic ring is 1. The summed E-state index contributed by atoms with van der Waals surface area (Å²) in [5, 5.41) is 16.8. The summed E-state index contributed by atoms with van der Waals surface area (Å²) in [6, 6.07) is 7.17. The summed E-state index contributed by atoms with van der Waals surface area (Å²) in [6.45, 7) is 4.17. The third kappa shape index (κ3) is 3.93. The molecule has 3 N–H and O–H groups in total. The molecule has 3 rings (SSSR count). The number of hydrogen-bond donors (Lipinski definition) is 2. The molecule has 138 valence electrons. The van der Waals surface area contributed by atoms with Crippen molar-refractivity contribution in [2.24, 2.45) is 0 Å². The van der Waals surface area contributed by atoms with Crippen molar-refractivity contribution >= 4 is 23.5 Å². The van der Waals surface area contributed by atoms with Crippen LogP contribution in [0.3, 0.4) is 0 Å². The second-order valence-electron chi connectivity index (χ2n) is 6.08. The van der Waals surface area contributed by atoms with Gasteiger partial charge in [-0.15, -0.1) is 0 Å². The zero-order chi connectivity index (χ0) is 19.6. The highest BCUT2D eigenvalue weighted by atomic mass is 35.5. The lowest BCUT2D eigenvalue weighted by molar-refractivity contribution is 0.0931. The molecule has 1 atom stereocenters. The molecule has 2 aromatic heterocycles. The van der Waals surface area contributed by atoms with Crippen LogP contribution in [0.15, 0.2) is 35.1 Å². The SMILES string of the molecule is Cc1c(-c2ccn(CC(C)NC(=O)c3coc(N)n3)n2)ccc(C#N)c1Cl. The van der Waals surface area contributed by atoms with E-state index < -0.39 is 0 Å². The smallest absolute Gasteiger partial charge is 0.292 e. The number of hydrogen-bond acceptors (Lipinski definition) is 6. The maximum atomic E-state index is 12.1. The summed E-state index contributed by atoms with van der Waals surface area (Å²) in [4.78, 5) is 15.9. The molecule has 1 aromatic carbocycles. The molecule has 8 nitrogen and oxygen atoms in total. The van der Waals surface area contributed by atoms with E-state index in [4.69, 9.17) is 27.0 Å². The summed E-state index contributed by atoms with van der Waals surface area (Å²) in [5.41, 5.74) is 8.32. The maximum absolute atomic E-state index is 12.1. The summed E-state index contributed by atoms with van der Waals surface area (Å²) >= 11 is 6.23. The van der Waals surface area contributed by atoms with Gasteiger partial charge in [-0.2, -0.15) is 15.3 Å². The van der Waals surface area contributed by atoms with Crippen LogP contribution in [0.25, 0.3) is 11.3 Å². The number of nitrogens with two attached hydrogens (primary N) is 1. The maximum Gasteiger partial charge on any atom is 0.292 e. The minimum atomic E-state index is -0.370. The largest absolute Gasteiger partial charge is 0.431 e. The van der Waals surface area contributed by atoms with Gasteiger partial charge in [-0.1, -0.05) is 17.7 Å². The van der Waals surface area contributed by atoms with Crippen molar-refractivity contribution in [2.45, 2.75) is 26.4 Å². The van der Waals surface area contributed by atoms with Gasteiger partial charge >= 0.3 is 0 Å². The Morgan fingerprint density at radius 2 is 2.26 bits per heavy atom. The number of benzene rings is 1. The standard InChI is InChI=1S/C18H17ClN6O2/c1-10(22-17(26)15-9-27-18(21)23-15)8-25-6-5-14(24-25)13-4-3-12(7-20)16(19)11(13)2/h3-6,9-10H,8H2,1-2H3,(H2,21,23)(H,22,26). The first kappa shape index (κ1) is 18.5. The fraction of sp³-hybridized carbons (Fsp3) is 0.222. The number of amides is 1. The van der Waals surface area contributed by atoms with Gasteiger partial charge in [0, 0.05) is 17.8 Å². The van der Waals surface area contributed by atoms with Crippen LogP contribution < -0.4 is 11.1 Å². The molecule has 3 aromatic rings. The number of aromatic nitrogens is 3. The zero-order valence-electron chi connectivity index (χ0n) is 14.7. The highest BCUT2D eigenvalue weighted by Gasteiger charge is 2.15. The van der Waals surface area contributed by atoms with Crippen LogP contribution >= 0.6 is 11.6 Å². The summed E-state index contributed by atoms with van der Waals surface area (Å²) in [5.74, 6) is -0.370. The first-order valence-corrected chi connectivity index (χ1v) is 8.51.